The van der Waals surface area contributed by atoms with Gasteiger partial charge in [-0.15, -0.1) is 0 Å². The van der Waals surface area contributed by atoms with Crippen molar-refractivity contribution < 1.29 is 84.3 Å². The van der Waals surface area contributed by atoms with Crippen molar-refractivity contribution in [3.63, 3.8) is 0 Å². The van der Waals surface area contributed by atoms with Gasteiger partial charge in [-0.25, -0.2) is 4.79 Å². The number of hydrogen-bond acceptors (Lipinski definition) is 16. The number of aliphatic carboxylic acids is 1. The van der Waals surface area contributed by atoms with Crippen LogP contribution < -0.4 is 0 Å². The van der Waals surface area contributed by atoms with Crippen LogP contribution in [0.2, 0.25) is 0 Å². The molecule has 0 bridgehead atoms. The van der Waals surface area contributed by atoms with E-state index >= 15 is 0 Å². The van der Waals surface area contributed by atoms with Gasteiger partial charge in [0.15, 0.2) is 24.8 Å². The molecule has 0 radical (unpaired) electrons. The average molecular weight is 743 g/mol. The first kappa shape index (κ1) is 45.6. The molecule has 300 valence electrons. The van der Waals surface area contributed by atoms with Crippen molar-refractivity contribution >= 4 is 11.9 Å². The standard InChI is InChI=1S/C34H62O17/c1-2-13-20(37)16-25(40)50-31-27(42)26(41)23(17-35)48-34(31)51-30-24(18-36)49-33(29(44)28(30)43)47-19-21(38)14-11-9-7-5-3-4-6-8-10-12-15-22(39)32(45)46/h20-24,26-31,33-39,41-44H,2-19H2,1H3,(H,45,46)/t20?,21?,22?,23-,24-,26-,27+,28-,29-,30-,31-,33-,34+/m1/s1. The van der Waals surface area contributed by atoms with Crippen LogP contribution in [0.15, 0.2) is 0 Å². The van der Waals surface area contributed by atoms with Gasteiger partial charge in [0, 0.05) is 0 Å². The number of carbonyl (C=O) groups excluding carboxylic acids is 1. The Balaban J connectivity index is 1.77. The van der Waals surface area contributed by atoms with Gasteiger partial charge < -0.3 is 74.7 Å². The number of carbonyl (C=O) groups is 2. The first-order chi connectivity index (χ1) is 24.3. The number of rotatable bonds is 26. The average Bonchev–Trinajstić information content (AvgIpc) is 3.09. The number of aliphatic hydroxyl groups is 9. The highest BCUT2D eigenvalue weighted by Gasteiger charge is 2.52. The van der Waals surface area contributed by atoms with Crippen LogP contribution in [0.5, 0.6) is 0 Å². The minimum absolute atomic E-state index is 0.225. The van der Waals surface area contributed by atoms with E-state index < -0.39 is 111 Å². The third kappa shape index (κ3) is 15.7. The minimum Gasteiger partial charge on any atom is -0.479 e. The quantitative estimate of drug-likeness (QED) is 0.0384. The van der Waals surface area contributed by atoms with Gasteiger partial charge in [-0.3, -0.25) is 4.79 Å². The molecule has 0 aromatic rings. The number of carboxylic acids is 1. The van der Waals surface area contributed by atoms with E-state index in [2.05, 4.69) is 0 Å². The molecule has 3 unspecified atom stereocenters. The van der Waals surface area contributed by atoms with Gasteiger partial charge in [-0.2, -0.15) is 0 Å². The van der Waals surface area contributed by atoms with Gasteiger partial charge in [-0.05, 0) is 19.3 Å². The smallest absolute Gasteiger partial charge is 0.332 e. The van der Waals surface area contributed by atoms with E-state index in [1.807, 2.05) is 6.92 Å². The molecule has 0 spiro atoms. The molecule has 0 aliphatic carbocycles. The van der Waals surface area contributed by atoms with E-state index in [1.165, 1.54) is 0 Å². The molecule has 2 saturated heterocycles. The number of aliphatic hydroxyl groups excluding tert-OH is 9. The lowest BCUT2D eigenvalue weighted by Crippen LogP contribution is -2.65. The summed E-state index contributed by atoms with van der Waals surface area (Å²) in [6.07, 6.45) is -8.54. The third-order valence-corrected chi connectivity index (χ3v) is 9.23. The van der Waals surface area contributed by atoms with Crippen LogP contribution in [0.3, 0.4) is 0 Å². The Morgan fingerprint density at radius 3 is 1.73 bits per heavy atom. The maximum absolute atomic E-state index is 12.5. The molecular weight excluding hydrogens is 680 g/mol. The van der Waals surface area contributed by atoms with Crippen molar-refractivity contribution in [2.24, 2.45) is 0 Å². The number of esters is 1. The Bertz CT molecular complexity index is 956. The SMILES string of the molecule is CCCC(O)CC(=O)O[C@H]1[C@H](O[C@H]2[C@H](O)[C@@H](O)[C@H](OCC(O)CCCCCCCCCCCCC(O)C(=O)O)O[C@@H]2CO)O[C@H](CO)[C@@H](O)[C@@H]1O. The first-order valence-corrected chi connectivity index (χ1v) is 18.3. The van der Waals surface area contributed by atoms with Crippen LogP contribution in [-0.4, -0.2) is 163 Å². The zero-order chi connectivity index (χ0) is 37.9. The van der Waals surface area contributed by atoms with E-state index in [4.69, 9.17) is 28.8 Å². The Kier molecular flexibility index (Phi) is 22.1. The molecule has 0 amide bonds. The third-order valence-electron chi connectivity index (χ3n) is 9.23. The van der Waals surface area contributed by atoms with Crippen LogP contribution in [0.4, 0.5) is 0 Å². The Morgan fingerprint density at radius 1 is 0.647 bits per heavy atom. The molecule has 17 heteroatoms. The van der Waals surface area contributed by atoms with Crippen molar-refractivity contribution in [3.8, 4) is 0 Å². The molecule has 51 heavy (non-hydrogen) atoms. The predicted molar refractivity (Wildman–Crippen MR) is 177 cm³/mol. The van der Waals surface area contributed by atoms with Crippen LogP contribution >= 0.6 is 0 Å². The van der Waals surface area contributed by atoms with E-state index in [1.54, 1.807) is 0 Å². The zero-order valence-corrected chi connectivity index (χ0v) is 29.6. The highest BCUT2D eigenvalue weighted by atomic mass is 16.7. The van der Waals surface area contributed by atoms with Gasteiger partial charge in [0.05, 0.1) is 38.4 Å². The van der Waals surface area contributed by atoms with E-state index in [-0.39, 0.29) is 13.0 Å². The van der Waals surface area contributed by atoms with Crippen LogP contribution in [0.1, 0.15) is 103 Å². The predicted octanol–water partition coefficient (Wildman–Crippen LogP) is -0.783. The lowest BCUT2D eigenvalue weighted by atomic mass is 9.96. The zero-order valence-electron chi connectivity index (χ0n) is 29.6. The first-order valence-electron chi connectivity index (χ1n) is 18.3. The Hall–Kier alpha value is -1.58. The highest BCUT2D eigenvalue weighted by Crippen LogP contribution is 2.31. The fraction of sp³-hybridized carbons (Fsp3) is 0.941. The van der Waals surface area contributed by atoms with Crippen molar-refractivity contribution in [3.05, 3.63) is 0 Å². The van der Waals surface area contributed by atoms with Gasteiger partial charge in [0.25, 0.3) is 0 Å². The number of unbranched alkanes of at least 4 members (excludes halogenated alkanes) is 9. The Labute approximate surface area is 299 Å². The topological polar surface area (TPSA) is 283 Å². The monoisotopic (exact) mass is 742 g/mol. The molecule has 2 fully saturated rings. The maximum Gasteiger partial charge on any atom is 0.332 e. The number of hydrogen-bond donors (Lipinski definition) is 10. The summed E-state index contributed by atoms with van der Waals surface area (Å²) in [7, 11) is 0. The summed E-state index contributed by atoms with van der Waals surface area (Å²) in [4.78, 5) is 23.1. The molecular formula is C34H62O17. The summed E-state index contributed by atoms with van der Waals surface area (Å²) in [5, 5.41) is 101. The summed E-state index contributed by atoms with van der Waals surface area (Å²) in [6, 6.07) is 0. The summed E-state index contributed by atoms with van der Waals surface area (Å²) in [5.41, 5.74) is 0. The molecule has 2 heterocycles. The lowest BCUT2D eigenvalue weighted by molar-refractivity contribution is -0.360. The molecule has 2 aliphatic heterocycles. The molecule has 10 N–H and O–H groups in total. The second-order valence-corrected chi connectivity index (χ2v) is 13.6. The molecule has 13 atom stereocenters. The summed E-state index contributed by atoms with van der Waals surface area (Å²) in [5.74, 6) is -2.12. The van der Waals surface area contributed by atoms with E-state index in [9.17, 15) is 55.5 Å². The van der Waals surface area contributed by atoms with Crippen molar-refractivity contribution in [1.82, 2.24) is 0 Å². The fourth-order valence-electron chi connectivity index (χ4n) is 6.18. The van der Waals surface area contributed by atoms with Gasteiger partial charge in [0.2, 0.25) is 0 Å². The molecule has 2 aliphatic rings. The molecule has 2 rings (SSSR count). The van der Waals surface area contributed by atoms with Crippen LogP contribution in [-0.2, 0) is 33.3 Å². The van der Waals surface area contributed by atoms with Crippen molar-refractivity contribution in [2.45, 2.75) is 183 Å². The summed E-state index contributed by atoms with van der Waals surface area (Å²) < 4.78 is 27.8. The van der Waals surface area contributed by atoms with Crippen molar-refractivity contribution in [1.29, 1.82) is 0 Å². The number of carboxylic acid groups (broad SMARTS) is 1. The van der Waals surface area contributed by atoms with Gasteiger partial charge >= 0.3 is 11.9 Å². The molecule has 0 saturated carbocycles. The highest BCUT2D eigenvalue weighted by molar-refractivity contribution is 5.71. The number of ether oxygens (including phenoxy) is 5. The van der Waals surface area contributed by atoms with Gasteiger partial charge in [-0.1, -0.05) is 77.6 Å². The second kappa shape index (κ2) is 24.7. The normalized spacial score (nSPS) is 31.6. The molecule has 0 aromatic carbocycles. The largest absolute Gasteiger partial charge is 0.479 e. The Morgan fingerprint density at radius 2 is 1.18 bits per heavy atom. The lowest BCUT2D eigenvalue weighted by Gasteiger charge is -2.46. The molecule has 17 nitrogen and oxygen atoms in total. The second-order valence-electron chi connectivity index (χ2n) is 13.6. The van der Waals surface area contributed by atoms with Crippen molar-refractivity contribution in [2.75, 3.05) is 19.8 Å². The van der Waals surface area contributed by atoms with E-state index in [0.717, 1.165) is 57.8 Å². The maximum atomic E-state index is 12.5. The minimum atomic E-state index is -1.80. The van der Waals surface area contributed by atoms with Gasteiger partial charge in [0.1, 0.15) is 42.7 Å². The van der Waals surface area contributed by atoms with E-state index in [0.29, 0.717) is 25.7 Å². The van der Waals surface area contributed by atoms with Crippen LogP contribution in [0, 0.1) is 0 Å². The molecule has 0 aromatic heterocycles. The summed E-state index contributed by atoms with van der Waals surface area (Å²) >= 11 is 0. The van der Waals surface area contributed by atoms with Crippen LogP contribution in [0.25, 0.3) is 0 Å². The fourth-order valence-corrected chi connectivity index (χ4v) is 6.18. The summed E-state index contributed by atoms with van der Waals surface area (Å²) in [6.45, 7) is 0.0988.